The van der Waals surface area contributed by atoms with Crippen molar-refractivity contribution in [2.24, 2.45) is 11.7 Å². The van der Waals surface area contributed by atoms with Gasteiger partial charge in [0.25, 0.3) is 0 Å². The maximum absolute atomic E-state index is 12.1. The van der Waals surface area contributed by atoms with Gasteiger partial charge < -0.3 is 11.1 Å². The molecule has 1 aliphatic rings. The molecule has 2 atom stereocenters. The third-order valence-electron chi connectivity index (χ3n) is 3.34. The Bertz CT molecular complexity index is 482. The molecule has 1 aromatic carbocycles. The number of primary amides is 1. The first-order chi connectivity index (χ1) is 9.18. The minimum atomic E-state index is -0.750. The summed E-state index contributed by atoms with van der Waals surface area (Å²) >= 11 is 0. The summed E-state index contributed by atoms with van der Waals surface area (Å²) < 4.78 is 0. The Morgan fingerprint density at radius 3 is 2.53 bits per heavy atom. The van der Waals surface area contributed by atoms with Crippen LogP contribution in [0, 0.1) is 5.92 Å². The standard InChI is InChI=1S/C15H18N2O2/c16-14(18)13(11-7-3-1-4-8-11)17-15(19)12-9-5-2-6-10-12/h1-5,7-8,12-13H,6,9-10H2,(H2,16,18)(H,17,19). The van der Waals surface area contributed by atoms with Gasteiger partial charge in [0.15, 0.2) is 0 Å². The van der Waals surface area contributed by atoms with Crippen LogP contribution >= 0.6 is 0 Å². The van der Waals surface area contributed by atoms with Crippen molar-refractivity contribution in [1.29, 1.82) is 0 Å². The summed E-state index contributed by atoms with van der Waals surface area (Å²) in [6, 6.07) is 8.32. The number of hydrogen-bond acceptors (Lipinski definition) is 2. The van der Waals surface area contributed by atoms with E-state index in [4.69, 9.17) is 5.73 Å². The zero-order chi connectivity index (χ0) is 13.7. The van der Waals surface area contributed by atoms with Gasteiger partial charge in [-0.25, -0.2) is 0 Å². The summed E-state index contributed by atoms with van der Waals surface area (Å²) in [5.74, 6) is -0.696. The van der Waals surface area contributed by atoms with Crippen LogP contribution in [-0.2, 0) is 9.59 Å². The molecule has 0 aromatic heterocycles. The fourth-order valence-electron chi connectivity index (χ4n) is 2.26. The Morgan fingerprint density at radius 2 is 1.95 bits per heavy atom. The number of amides is 2. The second-order valence-corrected chi connectivity index (χ2v) is 4.74. The SMILES string of the molecule is NC(=O)C(NC(=O)C1CC=CCC1)c1ccccc1. The van der Waals surface area contributed by atoms with E-state index in [9.17, 15) is 9.59 Å². The molecule has 0 fully saturated rings. The molecule has 0 spiro atoms. The smallest absolute Gasteiger partial charge is 0.244 e. The molecular formula is C15H18N2O2. The van der Waals surface area contributed by atoms with E-state index < -0.39 is 11.9 Å². The molecule has 0 radical (unpaired) electrons. The lowest BCUT2D eigenvalue weighted by Crippen LogP contribution is -2.40. The molecule has 100 valence electrons. The van der Waals surface area contributed by atoms with E-state index in [0.717, 1.165) is 24.8 Å². The van der Waals surface area contributed by atoms with Crippen molar-refractivity contribution in [3.8, 4) is 0 Å². The van der Waals surface area contributed by atoms with Crippen LogP contribution in [0.4, 0.5) is 0 Å². The lowest BCUT2D eigenvalue weighted by Gasteiger charge is -2.21. The first kappa shape index (κ1) is 13.3. The average molecular weight is 258 g/mol. The topological polar surface area (TPSA) is 72.2 Å². The molecule has 19 heavy (non-hydrogen) atoms. The summed E-state index contributed by atoms with van der Waals surface area (Å²) in [7, 11) is 0. The van der Waals surface area contributed by atoms with Gasteiger partial charge in [0.2, 0.25) is 11.8 Å². The molecule has 1 aromatic rings. The van der Waals surface area contributed by atoms with Crippen molar-refractivity contribution in [3.63, 3.8) is 0 Å². The zero-order valence-electron chi connectivity index (χ0n) is 10.7. The number of carbonyl (C=O) groups excluding carboxylic acids is 2. The average Bonchev–Trinajstić information content (AvgIpc) is 2.46. The van der Waals surface area contributed by atoms with Gasteiger partial charge in [-0.15, -0.1) is 0 Å². The van der Waals surface area contributed by atoms with Crippen molar-refractivity contribution in [1.82, 2.24) is 5.32 Å². The first-order valence-corrected chi connectivity index (χ1v) is 6.48. The highest BCUT2D eigenvalue weighted by molar-refractivity contribution is 5.88. The van der Waals surface area contributed by atoms with Crippen molar-refractivity contribution in [3.05, 3.63) is 48.0 Å². The number of nitrogens with two attached hydrogens (primary N) is 1. The summed E-state index contributed by atoms with van der Waals surface area (Å²) in [5, 5.41) is 2.76. The predicted octanol–water partition coefficient (Wildman–Crippen LogP) is 1.69. The second-order valence-electron chi connectivity index (χ2n) is 4.74. The van der Waals surface area contributed by atoms with E-state index in [2.05, 4.69) is 11.4 Å². The van der Waals surface area contributed by atoms with Crippen LogP contribution in [0.25, 0.3) is 0 Å². The van der Waals surface area contributed by atoms with Crippen LogP contribution in [-0.4, -0.2) is 11.8 Å². The van der Waals surface area contributed by atoms with E-state index >= 15 is 0 Å². The zero-order valence-corrected chi connectivity index (χ0v) is 10.7. The molecule has 2 rings (SSSR count). The maximum atomic E-state index is 12.1. The summed E-state index contributed by atoms with van der Waals surface area (Å²) in [6.07, 6.45) is 6.54. The van der Waals surface area contributed by atoms with Gasteiger partial charge in [0.1, 0.15) is 6.04 Å². The van der Waals surface area contributed by atoms with Gasteiger partial charge >= 0.3 is 0 Å². The van der Waals surface area contributed by atoms with Crippen LogP contribution in [0.15, 0.2) is 42.5 Å². The van der Waals surface area contributed by atoms with Gasteiger partial charge in [-0.05, 0) is 24.8 Å². The van der Waals surface area contributed by atoms with Crippen LogP contribution in [0.5, 0.6) is 0 Å². The highest BCUT2D eigenvalue weighted by atomic mass is 16.2. The van der Waals surface area contributed by atoms with Gasteiger partial charge in [-0.3, -0.25) is 9.59 Å². The lowest BCUT2D eigenvalue weighted by molar-refractivity contribution is -0.130. The summed E-state index contributed by atoms with van der Waals surface area (Å²) in [5.41, 5.74) is 6.10. The Kier molecular flexibility index (Phi) is 4.34. The molecule has 0 saturated heterocycles. The number of nitrogens with one attached hydrogen (secondary N) is 1. The minimum absolute atomic E-state index is 0.0597. The van der Waals surface area contributed by atoms with Crippen molar-refractivity contribution >= 4 is 11.8 Å². The Balaban J connectivity index is 2.07. The summed E-state index contributed by atoms with van der Waals surface area (Å²) in [4.78, 5) is 23.6. The number of benzene rings is 1. The fraction of sp³-hybridized carbons (Fsp3) is 0.333. The number of allylic oxidation sites excluding steroid dienone is 2. The van der Waals surface area contributed by atoms with E-state index in [1.54, 1.807) is 12.1 Å². The number of carbonyl (C=O) groups is 2. The van der Waals surface area contributed by atoms with Gasteiger partial charge in [0, 0.05) is 5.92 Å². The third kappa shape index (κ3) is 3.44. The fourth-order valence-corrected chi connectivity index (χ4v) is 2.26. The van der Waals surface area contributed by atoms with E-state index in [1.165, 1.54) is 0 Å². The lowest BCUT2D eigenvalue weighted by atomic mass is 9.93. The third-order valence-corrected chi connectivity index (χ3v) is 3.34. The van der Waals surface area contributed by atoms with E-state index in [0.29, 0.717) is 0 Å². The van der Waals surface area contributed by atoms with E-state index in [-0.39, 0.29) is 11.8 Å². The highest BCUT2D eigenvalue weighted by Gasteiger charge is 2.25. The highest BCUT2D eigenvalue weighted by Crippen LogP contribution is 2.20. The van der Waals surface area contributed by atoms with Crippen LogP contribution in [0.1, 0.15) is 30.9 Å². The molecule has 0 saturated carbocycles. The van der Waals surface area contributed by atoms with Crippen LogP contribution < -0.4 is 11.1 Å². The number of rotatable bonds is 4. The predicted molar refractivity (Wildman–Crippen MR) is 73.0 cm³/mol. The normalized spacial score (nSPS) is 19.7. The van der Waals surface area contributed by atoms with E-state index in [1.807, 2.05) is 24.3 Å². The molecule has 1 aliphatic carbocycles. The van der Waals surface area contributed by atoms with Crippen LogP contribution in [0.3, 0.4) is 0 Å². The quantitative estimate of drug-likeness (QED) is 0.807. The van der Waals surface area contributed by atoms with Gasteiger partial charge in [0.05, 0.1) is 0 Å². The number of hydrogen-bond donors (Lipinski definition) is 2. The van der Waals surface area contributed by atoms with Crippen LogP contribution in [0.2, 0.25) is 0 Å². The molecule has 0 heterocycles. The first-order valence-electron chi connectivity index (χ1n) is 6.48. The summed E-state index contributed by atoms with van der Waals surface area (Å²) in [6.45, 7) is 0. The molecule has 2 unspecified atom stereocenters. The van der Waals surface area contributed by atoms with Crippen molar-refractivity contribution in [2.45, 2.75) is 25.3 Å². The van der Waals surface area contributed by atoms with Crippen molar-refractivity contribution in [2.75, 3.05) is 0 Å². The molecule has 2 amide bonds. The monoisotopic (exact) mass is 258 g/mol. The van der Waals surface area contributed by atoms with Gasteiger partial charge in [-0.1, -0.05) is 42.5 Å². The Morgan fingerprint density at radius 1 is 1.21 bits per heavy atom. The largest absolute Gasteiger partial charge is 0.368 e. The van der Waals surface area contributed by atoms with Gasteiger partial charge in [-0.2, -0.15) is 0 Å². The minimum Gasteiger partial charge on any atom is -0.368 e. The Hall–Kier alpha value is -2.10. The molecule has 4 heteroatoms. The molecule has 4 nitrogen and oxygen atoms in total. The maximum Gasteiger partial charge on any atom is 0.244 e. The second kappa shape index (κ2) is 6.18. The van der Waals surface area contributed by atoms with Crippen molar-refractivity contribution < 1.29 is 9.59 Å². The Labute approximate surface area is 112 Å². The molecule has 0 aliphatic heterocycles. The molecular weight excluding hydrogens is 240 g/mol. The molecule has 3 N–H and O–H groups in total. The molecule has 0 bridgehead atoms.